The lowest BCUT2D eigenvalue weighted by molar-refractivity contribution is -0.384. The zero-order chi connectivity index (χ0) is 22.2. The maximum Gasteiger partial charge on any atom is 0.293 e. The molecule has 2 fully saturated rings. The van der Waals surface area contributed by atoms with Gasteiger partial charge in [-0.15, -0.1) is 0 Å². The number of carbonyl (C=O) groups excluding carboxylic acids is 1. The zero-order valence-electron chi connectivity index (χ0n) is 18.2. The van der Waals surface area contributed by atoms with Crippen LogP contribution in [0.1, 0.15) is 66.7 Å². The van der Waals surface area contributed by atoms with Crippen LogP contribution < -0.4 is 0 Å². The molecule has 2 bridgehead atoms. The van der Waals surface area contributed by atoms with Crippen LogP contribution in [-0.2, 0) is 16.1 Å². The Bertz CT molecular complexity index is 1010. The Morgan fingerprint density at radius 2 is 1.97 bits per heavy atom. The molecular formula is C26H29NO4. The molecular weight excluding hydrogens is 390 g/mol. The van der Waals surface area contributed by atoms with Gasteiger partial charge in [-0.3, -0.25) is 14.9 Å². The molecule has 3 aliphatic carbocycles. The molecule has 0 radical (unpaired) electrons. The number of hydrogen-bond acceptors (Lipinski definition) is 4. The summed E-state index contributed by atoms with van der Waals surface area (Å²) in [5.41, 5.74) is 7.70. The first kappa shape index (κ1) is 21.3. The summed E-state index contributed by atoms with van der Waals surface area (Å²) in [6.45, 7) is 9.62. The molecule has 0 saturated heterocycles. The summed E-state index contributed by atoms with van der Waals surface area (Å²) in [4.78, 5) is 19.6. The van der Waals surface area contributed by atoms with Gasteiger partial charge in [-0.2, -0.15) is 0 Å². The van der Waals surface area contributed by atoms with Crippen LogP contribution in [0.4, 0.5) is 5.69 Å². The van der Waals surface area contributed by atoms with E-state index in [4.69, 9.17) is 0 Å². The number of fused-ring (bicyclic) bond motifs is 3. The van der Waals surface area contributed by atoms with Crippen molar-refractivity contribution < 1.29 is 14.5 Å². The molecule has 5 rings (SSSR count). The predicted octanol–water partition coefficient (Wildman–Crippen LogP) is 6.21. The Morgan fingerprint density at radius 3 is 2.65 bits per heavy atom. The molecule has 1 spiro atoms. The van der Waals surface area contributed by atoms with Gasteiger partial charge >= 0.3 is 0 Å². The van der Waals surface area contributed by atoms with Gasteiger partial charge in [0.1, 0.15) is 6.61 Å². The van der Waals surface area contributed by atoms with E-state index in [2.05, 4.69) is 43.4 Å². The predicted molar refractivity (Wildman–Crippen MR) is 120 cm³/mol. The third-order valence-corrected chi connectivity index (χ3v) is 7.75. The standard InChI is InChI=1S/C18H22.C8H7NO4/c1-11-5-4-6-15-16-8-7-14-10-18(16,9-12(14)2)13(3)17(11)15;10-6-13-5-7-1-3-8(4-2-7)9(11)12/h4-6,13-14,16H,2,7-10H2,1,3H3;1-4,6H,5H2. The SMILES string of the molecule is C=C1CC23CC1CCC2c1cccc(C)c1C3C.O=COCc1ccc([N+](=O)[O-])cc1. The molecule has 2 saturated carbocycles. The Hall–Kier alpha value is -2.95. The number of benzene rings is 2. The van der Waals surface area contributed by atoms with Gasteiger partial charge < -0.3 is 4.74 Å². The number of nitro groups is 1. The maximum atomic E-state index is 10.2. The Morgan fingerprint density at radius 1 is 1.23 bits per heavy atom. The first-order valence-electron chi connectivity index (χ1n) is 10.9. The fourth-order valence-electron chi connectivity index (χ4n) is 6.30. The molecule has 0 N–H and O–H groups in total. The molecule has 162 valence electrons. The summed E-state index contributed by atoms with van der Waals surface area (Å²) in [5, 5.41) is 10.2. The van der Waals surface area contributed by atoms with Crippen molar-refractivity contribution in [2.24, 2.45) is 11.3 Å². The molecule has 4 atom stereocenters. The second-order valence-electron chi connectivity index (χ2n) is 9.23. The molecule has 2 aromatic carbocycles. The molecule has 0 aliphatic heterocycles. The highest BCUT2D eigenvalue weighted by atomic mass is 16.6. The average Bonchev–Trinajstić information content (AvgIpc) is 3.17. The number of non-ortho nitro benzene ring substituents is 1. The van der Waals surface area contributed by atoms with E-state index in [1.54, 1.807) is 28.8 Å². The lowest BCUT2D eigenvalue weighted by Crippen LogP contribution is -2.28. The minimum Gasteiger partial charge on any atom is -0.463 e. The van der Waals surface area contributed by atoms with Gasteiger partial charge in [0.05, 0.1) is 4.92 Å². The smallest absolute Gasteiger partial charge is 0.293 e. The number of nitro benzene ring substituents is 1. The van der Waals surface area contributed by atoms with Gasteiger partial charge in [0.25, 0.3) is 12.2 Å². The van der Waals surface area contributed by atoms with Crippen LogP contribution in [0.2, 0.25) is 0 Å². The number of rotatable bonds is 4. The van der Waals surface area contributed by atoms with E-state index in [1.165, 1.54) is 43.4 Å². The summed E-state index contributed by atoms with van der Waals surface area (Å²) in [6.07, 6.45) is 5.47. The van der Waals surface area contributed by atoms with Crippen LogP contribution in [0.25, 0.3) is 0 Å². The van der Waals surface area contributed by atoms with E-state index < -0.39 is 4.92 Å². The number of aryl methyl sites for hydroxylation is 1. The average molecular weight is 420 g/mol. The third kappa shape index (κ3) is 3.67. The Balaban J connectivity index is 0.000000159. The van der Waals surface area contributed by atoms with Gasteiger partial charge in [0.15, 0.2) is 0 Å². The maximum absolute atomic E-state index is 10.2. The quantitative estimate of drug-likeness (QED) is 0.256. The number of allylic oxidation sites excluding steroid dienone is 1. The van der Waals surface area contributed by atoms with Crippen molar-refractivity contribution in [2.45, 2.75) is 58.0 Å². The van der Waals surface area contributed by atoms with Gasteiger partial charge in [-0.1, -0.05) is 37.3 Å². The molecule has 5 nitrogen and oxygen atoms in total. The van der Waals surface area contributed by atoms with Crippen molar-refractivity contribution in [1.82, 2.24) is 0 Å². The molecule has 2 aromatic rings. The highest BCUT2D eigenvalue weighted by Gasteiger charge is 2.57. The largest absolute Gasteiger partial charge is 0.463 e. The highest BCUT2D eigenvalue weighted by Crippen LogP contribution is 2.70. The second-order valence-corrected chi connectivity index (χ2v) is 9.23. The van der Waals surface area contributed by atoms with Crippen LogP contribution in [0.3, 0.4) is 0 Å². The Labute approximate surface area is 183 Å². The summed E-state index contributed by atoms with van der Waals surface area (Å²) >= 11 is 0. The first-order valence-corrected chi connectivity index (χ1v) is 10.9. The number of nitrogens with zero attached hydrogens (tertiary/aromatic N) is 1. The van der Waals surface area contributed by atoms with E-state index in [1.807, 2.05) is 0 Å². The molecule has 0 heterocycles. The molecule has 31 heavy (non-hydrogen) atoms. The normalized spacial score (nSPS) is 27.5. The van der Waals surface area contributed by atoms with Crippen molar-refractivity contribution in [3.8, 4) is 0 Å². The van der Waals surface area contributed by atoms with Crippen LogP contribution >= 0.6 is 0 Å². The van der Waals surface area contributed by atoms with Crippen molar-refractivity contribution in [3.05, 3.63) is 87.0 Å². The van der Waals surface area contributed by atoms with Gasteiger partial charge in [-0.25, -0.2) is 0 Å². The van der Waals surface area contributed by atoms with E-state index in [0.717, 1.165) is 23.3 Å². The molecule has 0 amide bonds. The van der Waals surface area contributed by atoms with Crippen molar-refractivity contribution in [1.29, 1.82) is 0 Å². The third-order valence-electron chi connectivity index (χ3n) is 7.75. The minimum atomic E-state index is -0.482. The lowest BCUT2D eigenvalue weighted by Gasteiger charge is -2.39. The van der Waals surface area contributed by atoms with Gasteiger partial charge in [0, 0.05) is 12.1 Å². The van der Waals surface area contributed by atoms with Crippen LogP contribution in [0, 0.1) is 28.4 Å². The van der Waals surface area contributed by atoms with Gasteiger partial charge in [0.2, 0.25) is 0 Å². The monoisotopic (exact) mass is 419 g/mol. The highest BCUT2D eigenvalue weighted by molar-refractivity contribution is 5.49. The van der Waals surface area contributed by atoms with Crippen LogP contribution in [0.15, 0.2) is 54.6 Å². The van der Waals surface area contributed by atoms with Crippen molar-refractivity contribution >= 4 is 12.2 Å². The fraction of sp³-hybridized carbons (Fsp3) is 0.423. The summed E-state index contributed by atoms with van der Waals surface area (Å²) in [6, 6.07) is 12.8. The van der Waals surface area contributed by atoms with Gasteiger partial charge in [-0.05, 0) is 90.2 Å². The fourth-order valence-corrected chi connectivity index (χ4v) is 6.30. The van der Waals surface area contributed by atoms with E-state index in [0.29, 0.717) is 11.9 Å². The van der Waals surface area contributed by atoms with Crippen molar-refractivity contribution in [3.63, 3.8) is 0 Å². The molecule has 5 heteroatoms. The van der Waals surface area contributed by atoms with E-state index in [9.17, 15) is 14.9 Å². The summed E-state index contributed by atoms with van der Waals surface area (Å²) in [7, 11) is 0. The molecule has 4 unspecified atom stereocenters. The topological polar surface area (TPSA) is 69.4 Å². The lowest BCUT2D eigenvalue weighted by atomic mass is 9.64. The number of hydrogen-bond donors (Lipinski definition) is 0. The summed E-state index contributed by atoms with van der Waals surface area (Å²) < 4.78 is 4.47. The summed E-state index contributed by atoms with van der Waals surface area (Å²) in [5.74, 6) is 2.39. The minimum absolute atomic E-state index is 0.0230. The van der Waals surface area contributed by atoms with E-state index >= 15 is 0 Å². The Kier molecular flexibility index (Phi) is 5.69. The molecule has 0 aromatic heterocycles. The molecule has 3 aliphatic rings. The van der Waals surface area contributed by atoms with Crippen LogP contribution in [0.5, 0.6) is 0 Å². The number of ether oxygens (including phenoxy) is 1. The van der Waals surface area contributed by atoms with E-state index in [-0.39, 0.29) is 12.3 Å². The van der Waals surface area contributed by atoms with Crippen molar-refractivity contribution in [2.75, 3.05) is 0 Å². The second kappa shape index (κ2) is 8.29. The number of carbonyl (C=O) groups is 1. The zero-order valence-corrected chi connectivity index (χ0v) is 18.2. The van der Waals surface area contributed by atoms with Crippen LogP contribution in [-0.4, -0.2) is 11.4 Å². The first-order chi connectivity index (χ1) is 14.9.